The first kappa shape index (κ1) is 17.7. The third kappa shape index (κ3) is 4.49. The highest BCUT2D eigenvalue weighted by Crippen LogP contribution is 2.21. The summed E-state index contributed by atoms with van der Waals surface area (Å²) in [6, 6.07) is 16.1. The van der Waals surface area contributed by atoms with Crippen molar-refractivity contribution < 1.29 is 9.53 Å². The zero-order valence-corrected chi connectivity index (χ0v) is 15.0. The van der Waals surface area contributed by atoms with E-state index in [4.69, 9.17) is 16.3 Å². The molecule has 2 aromatic carbocycles. The van der Waals surface area contributed by atoms with E-state index < -0.39 is 5.97 Å². The van der Waals surface area contributed by atoms with Gasteiger partial charge in [0.05, 0.1) is 12.7 Å². The molecule has 3 rings (SSSR count). The Kier molecular flexibility index (Phi) is 5.34. The number of hydrogen-bond acceptors (Lipinski definition) is 6. The zero-order valence-electron chi connectivity index (χ0n) is 14.3. The van der Waals surface area contributed by atoms with E-state index in [0.29, 0.717) is 22.4 Å². The van der Waals surface area contributed by atoms with Crippen LogP contribution in [0.4, 0.5) is 23.1 Å². The molecule has 0 amide bonds. The van der Waals surface area contributed by atoms with Crippen molar-refractivity contribution in [1.82, 2.24) is 9.97 Å². The van der Waals surface area contributed by atoms with Crippen molar-refractivity contribution in [2.24, 2.45) is 0 Å². The lowest BCUT2D eigenvalue weighted by molar-refractivity contribution is 0.0601. The van der Waals surface area contributed by atoms with E-state index in [9.17, 15) is 4.79 Å². The minimum atomic E-state index is -0.393. The molecule has 132 valence electrons. The molecule has 0 radical (unpaired) electrons. The first-order valence-electron chi connectivity index (χ1n) is 7.87. The van der Waals surface area contributed by atoms with Gasteiger partial charge >= 0.3 is 5.97 Å². The number of nitrogens with one attached hydrogen (secondary N) is 2. The molecule has 6 nitrogen and oxygen atoms in total. The fourth-order valence-corrected chi connectivity index (χ4v) is 2.56. The van der Waals surface area contributed by atoms with Gasteiger partial charge in [-0.15, -0.1) is 0 Å². The summed E-state index contributed by atoms with van der Waals surface area (Å²) >= 11 is 6.00. The van der Waals surface area contributed by atoms with E-state index in [0.717, 1.165) is 17.1 Å². The summed E-state index contributed by atoms with van der Waals surface area (Å²) < 4.78 is 4.74. The maximum atomic E-state index is 11.7. The monoisotopic (exact) mass is 368 g/mol. The van der Waals surface area contributed by atoms with E-state index in [1.807, 2.05) is 31.2 Å². The average molecular weight is 369 g/mol. The van der Waals surface area contributed by atoms with E-state index in [-0.39, 0.29) is 0 Å². The summed E-state index contributed by atoms with van der Waals surface area (Å²) in [4.78, 5) is 20.5. The van der Waals surface area contributed by atoms with Crippen molar-refractivity contribution in [3.8, 4) is 0 Å². The summed E-state index contributed by atoms with van der Waals surface area (Å²) in [5.41, 5.74) is 2.76. The van der Waals surface area contributed by atoms with E-state index in [1.165, 1.54) is 7.11 Å². The Morgan fingerprint density at radius 3 is 2.46 bits per heavy atom. The standard InChI is InChI=1S/C19H17ClN4O2/c1-12-9-17(22-15-7-3-5-13(10-15)18(25)26-2)24-19(21-12)23-16-8-4-6-14(20)11-16/h3-11H,1-2H3,(H2,21,22,23,24). The number of methoxy groups -OCH3 is 1. The maximum Gasteiger partial charge on any atom is 0.337 e. The number of carbonyl (C=O) groups excluding carboxylic acids is 1. The maximum absolute atomic E-state index is 11.7. The van der Waals surface area contributed by atoms with Crippen molar-refractivity contribution >= 4 is 40.7 Å². The van der Waals surface area contributed by atoms with Crippen molar-refractivity contribution in [1.29, 1.82) is 0 Å². The van der Waals surface area contributed by atoms with E-state index in [1.54, 1.807) is 30.3 Å². The van der Waals surface area contributed by atoms with Crippen LogP contribution in [-0.2, 0) is 4.74 Å². The molecule has 2 N–H and O–H groups in total. The van der Waals surface area contributed by atoms with Crippen LogP contribution in [0.15, 0.2) is 54.6 Å². The predicted molar refractivity (Wildman–Crippen MR) is 103 cm³/mol. The van der Waals surface area contributed by atoms with Crippen LogP contribution in [0.3, 0.4) is 0 Å². The van der Waals surface area contributed by atoms with Crippen LogP contribution < -0.4 is 10.6 Å². The summed E-state index contributed by atoms with van der Waals surface area (Å²) in [5, 5.41) is 6.93. The second-order valence-corrected chi connectivity index (χ2v) is 5.99. The summed E-state index contributed by atoms with van der Waals surface area (Å²) in [6.45, 7) is 1.88. The Hall–Kier alpha value is -3.12. The number of ether oxygens (including phenoxy) is 1. The Bertz CT molecular complexity index is 946. The molecule has 0 aliphatic rings. The van der Waals surface area contributed by atoms with Gasteiger partial charge in [-0.3, -0.25) is 0 Å². The molecule has 0 bridgehead atoms. The molecule has 0 saturated carbocycles. The second-order valence-electron chi connectivity index (χ2n) is 5.55. The van der Waals surface area contributed by atoms with Crippen molar-refractivity contribution in [3.63, 3.8) is 0 Å². The van der Waals surface area contributed by atoms with Crippen molar-refractivity contribution in [2.75, 3.05) is 17.7 Å². The summed E-state index contributed by atoms with van der Waals surface area (Å²) in [5.74, 6) is 0.652. The Labute approximate surface area is 156 Å². The molecular formula is C19H17ClN4O2. The van der Waals surface area contributed by atoms with Crippen LogP contribution in [0.5, 0.6) is 0 Å². The lowest BCUT2D eigenvalue weighted by Crippen LogP contribution is -2.04. The van der Waals surface area contributed by atoms with Crippen molar-refractivity contribution in [2.45, 2.75) is 6.92 Å². The third-order valence-corrected chi connectivity index (χ3v) is 3.73. The smallest absolute Gasteiger partial charge is 0.337 e. The number of hydrogen-bond donors (Lipinski definition) is 2. The topological polar surface area (TPSA) is 76.1 Å². The SMILES string of the molecule is COC(=O)c1cccc(Nc2cc(C)nc(Nc3cccc(Cl)c3)n2)c1. The number of carbonyl (C=O) groups is 1. The van der Waals surface area contributed by atoms with Gasteiger partial charge in [0.2, 0.25) is 5.95 Å². The Balaban J connectivity index is 1.83. The van der Waals surface area contributed by atoms with Gasteiger partial charge < -0.3 is 15.4 Å². The molecule has 0 spiro atoms. The Morgan fingerprint density at radius 2 is 1.73 bits per heavy atom. The Morgan fingerprint density at radius 1 is 1.00 bits per heavy atom. The average Bonchev–Trinajstić information content (AvgIpc) is 2.60. The molecule has 1 heterocycles. The molecule has 0 aliphatic heterocycles. The molecule has 0 unspecified atom stereocenters. The van der Waals surface area contributed by atoms with Crippen LogP contribution in [-0.4, -0.2) is 23.0 Å². The number of anilines is 4. The summed E-state index contributed by atoms with van der Waals surface area (Å²) in [7, 11) is 1.35. The fraction of sp³-hybridized carbons (Fsp3) is 0.105. The molecular weight excluding hydrogens is 352 g/mol. The van der Waals surface area contributed by atoms with Gasteiger partial charge in [0, 0.05) is 28.2 Å². The molecule has 3 aromatic rings. The molecule has 1 aromatic heterocycles. The van der Waals surface area contributed by atoms with Crippen molar-refractivity contribution in [3.05, 3.63) is 70.9 Å². The minimum Gasteiger partial charge on any atom is -0.465 e. The largest absolute Gasteiger partial charge is 0.465 e. The van der Waals surface area contributed by atoms with Gasteiger partial charge in [0.1, 0.15) is 5.82 Å². The lowest BCUT2D eigenvalue weighted by atomic mass is 10.2. The second kappa shape index (κ2) is 7.84. The fourth-order valence-electron chi connectivity index (χ4n) is 2.37. The highest BCUT2D eigenvalue weighted by molar-refractivity contribution is 6.30. The van der Waals surface area contributed by atoms with Crippen LogP contribution in [0.25, 0.3) is 0 Å². The number of nitrogens with zero attached hydrogens (tertiary/aromatic N) is 2. The van der Waals surface area contributed by atoms with Gasteiger partial charge in [-0.25, -0.2) is 9.78 Å². The molecule has 0 atom stereocenters. The van der Waals surface area contributed by atoms with Gasteiger partial charge in [0.25, 0.3) is 0 Å². The zero-order chi connectivity index (χ0) is 18.5. The summed E-state index contributed by atoms with van der Waals surface area (Å²) in [6.07, 6.45) is 0. The number of benzene rings is 2. The third-order valence-electron chi connectivity index (χ3n) is 3.49. The first-order chi connectivity index (χ1) is 12.5. The van der Waals surface area contributed by atoms with E-state index in [2.05, 4.69) is 20.6 Å². The molecule has 0 fully saturated rings. The minimum absolute atomic E-state index is 0.393. The van der Waals surface area contributed by atoms with Crippen LogP contribution >= 0.6 is 11.6 Å². The highest BCUT2D eigenvalue weighted by Gasteiger charge is 2.08. The molecule has 0 saturated heterocycles. The first-order valence-corrected chi connectivity index (χ1v) is 8.25. The highest BCUT2D eigenvalue weighted by atomic mass is 35.5. The number of rotatable bonds is 5. The quantitative estimate of drug-likeness (QED) is 0.635. The predicted octanol–water partition coefficient (Wildman–Crippen LogP) is 4.71. The number of halogens is 1. The normalized spacial score (nSPS) is 10.3. The van der Waals surface area contributed by atoms with Gasteiger partial charge in [-0.05, 0) is 43.3 Å². The van der Waals surface area contributed by atoms with E-state index >= 15 is 0 Å². The van der Waals surface area contributed by atoms with Gasteiger partial charge in [0.15, 0.2) is 0 Å². The van der Waals surface area contributed by atoms with Crippen LogP contribution in [0.2, 0.25) is 5.02 Å². The lowest BCUT2D eigenvalue weighted by Gasteiger charge is -2.11. The van der Waals surface area contributed by atoms with Gasteiger partial charge in [-0.2, -0.15) is 4.98 Å². The number of esters is 1. The molecule has 26 heavy (non-hydrogen) atoms. The molecule has 7 heteroatoms. The van der Waals surface area contributed by atoms with Crippen LogP contribution in [0, 0.1) is 6.92 Å². The number of aryl methyl sites for hydroxylation is 1. The number of aromatic nitrogens is 2. The van der Waals surface area contributed by atoms with Crippen LogP contribution in [0.1, 0.15) is 16.1 Å². The molecule has 0 aliphatic carbocycles. The van der Waals surface area contributed by atoms with Gasteiger partial charge in [-0.1, -0.05) is 23.7 Å².